The fourth-order valence-corrected chi connectivity index (χ4v) is 3.23. The van der Waals surface area contributed by atoms with E-state index in [0.29, 0.717) is 29.3 Å². The van der Waals surface area contributed by atoms with Crippen LogP contribution in [0.4, 0.5) is 14.7 Å². The van der Waals surface area contributed by atoms with Crippen LogP contribution in [0.25, 0.3) is 11.3 Å². The largest absolute Gasteiger partial charge is 0.493 e. The number of halogens is 2. The van der Waals surface area contributed by atoms with Crippen molar-refractivity contribution in [3.05, 3.63) is 46.9 Å². The third-order valence-corrected chi connectivity index (χ3v) is 5.03. The number of hydrogen-bond acceptors (Lipinski definition) is 6. The van der Waals surface area contributed by atoms with Gasteiger partial charge in [0.15, 0.2) is 11.5 Å². The van der Waals surface area contributed by atoms with E-state index in [0.717, 1.165) is 17.0 Å². The molecule has 0 radical (unpaired) electrons. The topological polar surface area (TPSA) is 65.3 Å². The smallest absolute Gasteiger partial charge is 0.280 e. The third-order valence-electron chi connectivity index (χ3n) is 5.03. The highest BCUT2D eigenvalue weighted by atomic mass is 19.3. The highest BCUT2D eigenvalue weighted by molar-refractivity contribution is 5.65. The van der Waals surface area contributed by atoms with Gasteiger partial charge in [0, 0.05) is 37.5 Å². The second kappa shape index (κ2) is 8.64. The van der Waals surface area contributed by atoms with Gasteiger partial charge in [-0.05, 0) is 38.1 Å². The molecule has 0 N–H and O–H groups in total. The molecule has 0 unspecified atom stereocenters. The molecule has 7 nitrogen and oxygen atoms in total. The number of nitrogens with zero attached hydrogens (tertiary/aromatic N) is 5. The summed E-state index contributed by atoms with van der Waals surface area (Å²) in [5.41, 5.74) is 3.56. The van der Waals surface area contributed by atoms with E-state index < -0.39 is 6.43 Å². The third kappa shape index (κ3) is 4.19. The van der Waals surface area contributed by atoms with Crippen molar-refractivity contribution in [2.24, 2.45) is 7.05 Å². The average Bonchev–Trinajstić information content (AvgIpc) is 2.98. The number of hydrogen-bond donors (Lipinski definition) is 0. The van der Waals surface area contributed by atoms with E-state index >= 15 is 0 Å². The van der Waals surface area contributed by atoms with Crippen LogP contribution in [0.1, 0.15) is 29.1 Å². The highest BCUT2D eigenvalue weighted by Crippen LogP contribution is 2.33. The molecule has 9 heteroatoms. The number of benzene rings is 1. The molecule has 1 aromatic carbocycles. The Labute approximate surface area is 174 Å². The Bertz CT molecular complexity index is 1050. The van der Waals surface area contributed by atoms with Crippen molar-refractivity contribution in [1.82, 2.24) is 19.7 Å². The maximum atomic E-state index is 13.6. The summed E-state index contributed by atoms with van der Waals surface area (Å²) >= 11 is 0. The fraction of sp³-hybridized carbons (Fsp3) is 0.381. The van der Waals surface area contributed by atoms with Gasteiger partial charge in [-0.3, -0.25) is 4.68 Å². The molecule has 0 saturated carbocycles. The molecular formula is C21H25F2N5O2. The Morgan fingerprint density at radius 1 is 1.07 bits per heavy atom. The minimum Gasteiger partial charge on any atom is -0.493 e. The van der Waals surface area contributed by atoms with Crippen LogP contribution in [-0.4, -0.2) is 41.0 Å². The van der Waals surface area contributed by atoms with Gasteiger partial charge in [0.25, 0.3) is 6.43 Å². The zero-order valence-electron chi connectivity index (χ0n) is 17.9. The van der Waals surface area contributed by atoms with E-state index in [1.807, 2.05) is 20.9 Å². The Morgan fingerprint density at radius 2 is 1.77 bits per heavy atom. The monoisotopic (exact) mass is 417 g/mol. The summed E-state index contributed by atoms with van der Waals surface area (Å²) in [6.07, 6.45) is -2.72. The van der Waals surface area contributed by atoms with E-state index in [2.05, 4.69) is 15.1 Å². The lowest BCUT2D eigenvalue weighted by atomic mass is 10.1. The number of alkyl halides is 2. The van der Waals surface area contributed by atoms with Crippen molar-refractivity contribution >= 4 is 5.95 Å². The number of aromatic nitrogens is 4. The predicted molar refractivity (Wildman–Crippen MR) is 110 cm³/mol. The summed E-state index contributed by atoms with van der Waals surface area (Å²) in [6, 6.07) is 6.46. The van der Waals surface area contributed by atoms with Crippen LogP contribution in [0.3, 0.4) is 0 Å². The molecule has 0 amide bonds. The van der Waals surface area contributed by atoms with E-state index in [-0.39, 0.29) is 11.6 Å². The number of methoxy groups -OCH3 is 2. The van der Waals surface area contributed by atoms with Gasteiger partial charge in [0.1, 0.15) is 5.69 Å². The maximum absolute atomic E-state index is 13.6. The van der Waals surface area contributed by atoms with Gasteiger partial charge >= 0.3 is 0 Å². The summed E-state index contributed by atoms with van der Waals surface area (Å²) < 4.78 is 39.5. The first-order chi connectivity index (χ1) is 14.2. The van der Waals surface area contributed by atoms with Crippen molar-refractivity contribution < 1.29 is 18.3 Å². The van der Waals surface area contributed by atoms with Gasteiger partial charge in [0.05, 0.1) is 25.6 Å². The molecule has 0 atom stereocenters. The Balaban J connectivity index is 2.03. The van der Waals surface area contributed by atoms with Gasteiger partial charge in [-0.1, -0.05) is 0 Å². The molecule has 2 aromatic heterocycles. The van der Waals surface area contributed by atoms with E-state index in [1.54, 1.807) is 34.8 Å². The normalized spacial score (nSPS) is 11.1. The standard InChI is InChI=1S/C21H25F2N5O2/c1-12-15(13(2)28(4)26-12)11-27(3)21-24-16(10-17(25-21)20(22)23)14-7-8-18(29-5)19(9-14)30-6/h7-10,20H,11H2,1-6H3. The van der Waals surface area contributed by atoms with Gasteiger partial charge < -0.3 is 14.4 Å². The van der Waals surface area contributed by atoms with Crippen molar-refractivity contribution in [1.29, 1.82) is 0 Å². The van der Waals surface area contributed by atoms with Crippen LogP contribution in [-0.2, 0) is 13.6 Å². The molecule has 0 aliphatic rings. The van der Waals surface area contributed by atoms with Crippen LogP contribution in [0, 0.1) is 13.8 Å². The molecule has 30 heavy (non-hydrogen) atoms. The first-order valence-electron chi connectivity index (χ1n) is 9.34. The molecule has 160 valence electrons. The van der Waals surface area contributed by atoms with Crippen molar-refractivity contribution in [2.45, 2.75) is 26.8 Å². The van der Waals surface area contributed by atoms with Crippen molar-refractivity contribution in [3.8, 4) is 22.8 Å². The zero-order chi connectivity index (χ0) is 22.0. The van der Waals surface area contributed by atoms with Gasteiger partial charge in [0.2, 0.25) is 5.95 Å². The molecule has 0 bridgehead atoms. The van der Waals surface area contributed by atoms with Crippen LogP contribution < -0.4 is 14.4 Å². The van der Waals surface area contributed by atoms with Gasteiger partial charge in [-0.25, -0.2) is 18.7 Å². The second-order valence-electron chi connectivity index (χ2n) is 6.98. The van der Waals surface area contributed by atoms with E-state index in [4.69, 9.17) is 9.47 Å². The van der Waals surface area contributed by atoms with Crippen LogP contribution in [0.5, 0.6) is 11.5 Å². The van der Waals surface area contributed by atoms with Crippen LogP contribution >= 0.6 is 0 Å². The van der Waals surface area contributed by atoms with Crippen LogP contribution in [0.15, 0.2) is 24.3 Å². The quantitative estimate of drug-likeness (QED) is 0.577. The number of aryl methyl sites for hydroxylation is 2. The van der Waals surface area contributed by atoms with E-state index in [1.165, 1.54) is 20.3 Å². The number of ether oxygens (including phenoxy) is 2. The molecule has 0 fully saturated rings. The Hall–Kier alpha value is -3.23. The summed E-state index contributed by atoms with van der Waals surface area (Å²) in [6.45, 7) is 4.33. The van der Waals surface area contributed by atoms with Crippen LogP contribution in [0.2, 0.25) is 0 Å². The molecule has 2 heterocycles. The van der Waals surface area contributed by atoms with Crippen molar-refractivity contribution in [3.63, 3.8) is 0 Å². The molecule has 0 aliphatic carbocycles. The summed E-state index contributed by atoms with van der Waals surface area (Å²) in [4.78, 5) is 10.4. The fourth-order valence-electron chi connectivity index (χ4n) is 3.23. The molecular weight excluding hydrogens is 392 g/mol. The molecule has 0 aliphatic heterocycles. The maximum Gasteiger partial charge on any atom is 0.280 e. The Kier molecular flexibility index (Phi) is 6.19. The molecule has 3 aromatic rings. The summed E-state index contributed by atoms with van der Waals surface area (Å²) in [7, 11) is 6.69. The molecule has 0 spiro atoms. The first kappa shape index (κ1) is 21.5. The average molecular weight is 417 g/mol. The lowest BCUT2D eigenvalue weighted by Gasteiger charge is -2.19. The minimum absolute atomic E-state index is 0.209. The van der Waals surface area contributed by atoms with Gasteiger partial charge in [-0.2, -0.15) is 5.10 Å². The number of anilines is 1. The zero-order valence-corrected chi connectivity index (χ0v) is 17.9. The highest BCUT2D eigenvalue weighted by Gasteiger charge is 2.19. The van der Waals surface area contributed by atoms with Crippen molar-refractivity contribution in [2.75, 3.05) is 26.2 Å². The van der Waals surface area contributed by atoms with E-state index in [9.17, 15) is 8.78 Å². The summed E-state index contributed by atoms with van der Waals surface area (Å²) in [5.74, 6) is 1.24. The first-order valence-corrected chi connectivity index (χ1v) is 9.34. The second-order valence-corrected chi connectivity index (χ2v) is 6.98. The predicted octanol–water partition coefficient (Wildman–Crippen LogP) is 4.09. The Morgan fingerprint density at radius 3 is 2.33 bits per heavy atom. The minimum atomic E-state index is -2.72. The SMILES string of the molecule is COc1ccc(-c2cc(C(F)F)nc(N(C)Cc3c(C)nn(C)c3C)n2)cc1OC. The molecule has 3 rings (SSSR count). The van der Waals surface area contributed by atoms with Gasteiger partial charge in [-0.15, -0.1) is 0 Å². The molecule has 0 saturated heterocycles. The lowest BCUT2D eigenvalue weighted by molar-refractivity contribution is 0.146. The summed E-state index contributed by atoms with van der Waals surface area (Å²) in [5, 5.41) is 4.41. The lowest BCUT2D eigenvalue weighted by Crippen LogP contribution is -2.21. The number of rotatable bonds is 7.